The molecule has 0 unspecified atom stereocenters. The first kappa shape index (κ1) is 47.8. The van der Waals surface area contributed by atoms with E-state index in [1.54, 1.807) is 13.1 Å². The van der Waals surface area contributed by atoms with E-state index in [2.05, 4.69) is 56.1 Å². The Labute approximate surface area is 391 Å². The lowest BCUT2D eigenvalue weighted by Gasteiger charge is -2.39. The number of pyridine rings is 1. The molecule has 3 N–H and O–H groups in total. The second kappa shape index (κ2) is 20.6. The van der Waals surface area contributed by atoms with Gasteiger partial charge in [-0.3, -0.25) is 19.8 Å². The lowest BCUT2D eigenvalue weighted by molar-refractivity contribution is -0.384. The summed E-state index contributed by atoms with van der Waals surface area (Å²) in [5.74, 6) is 0.0952. The smallest absolute Gasteiger partial charge is 0.293 e. The summed E-state index contributed by atoms with van der Waals surface area (Å²) >= 11 is 6.26. The number of benzene rings is 3. The van der Waals surface area contributed by atoms with Gasteiger partial charge in [0.1, 0.15) is 17.2 Å². The Morgan fingerprint density at radius 1 is 0.969 bits per heavy atom. The van der Waals surface area contributed by atoms with E-state index in [0.29, 0.717) is 62.5 Å². The van der Waals surface area contributed by atoms with E-state index < -0.39 is 31.4 Å². The Hall–Kier alpha value is -5.17. The van der Waals surface area contributed by atoms with Gasteiger partial charge >= 0.3 is 0 Å². The van der Waals surface area contributed by atoms with Crippen molar-refractivity contribution in [2.75, 3.05) is 99.7 Å². The number of hydrogen-bond donors (Lipinski definition) is 3. The number of anilines is 5. The second-order valence-electron chi connectivity index (χ2n) is 17.3. The van der Waals surface area contributed by atoms with E-state index in [0.717, 1.165) is 68.8 Å². The fourth-order valence-corrected chi connectivity index (χ4v) is 9.88. The van der Waals surface area contributed by atoms with Crippen molar-refractivity contribution < 1.29 is 32.3 Å². The third-order valence-corrected chi connectivity index (χ3v) is 13.9. The highest BCUT2D eigenvalue weighted by Crippen LogP contribution is 2.44. The third kappa shape index (κ3) is 11.3. The van der Waals surface area contributed by atoms with Gasteiger partial charge in [-0.25, -0.2) is 13.1 Å². The number of nitrogens with one attached hydrogen (secondary N) is 3. The summed E-state index contributed by atoms with van der Waals surface area (Å²) in [5, 5.41) is 18.9. The number of halogens is 2. The molecule has 1 amide bonds. The molecule has 0 spiro atoms. The number of amides is 1. The summed E-state index contributed by atoms with van der Waals surface area (Å²) in [6.45, 7) is 11.0. The zero-order valence-electron chi connectivity index (χ0n) is 36.8. The number of carbonyl (C=O) groups excluding carboxylic acids is 1. The number of carbonyl (C=O) groups is 1. The van der Waals surface area contributed by atoms with Gasteiger partial charge in [0.25, 0.3) is 21.6 Å². The highest BCUT2D eigenvalue weighted by molar-refractivity contribution is 7.90. The molecule has 3 aromatic carbocycles. The van der Waals surface area contributed by atoms with Gasteiger partial charge in [0.15, 0.2) is 0 Å². The molecule has 2 fully saturated rings. The van der Waals surface area contributed by atoms with Crippen LogP contribution in [0.3, 0.4) is 0 Å². The van der Waals surface area contributed by atoms with Crippen LogP contribution in [-0.2, 0) is 19.5 Å². The van der Waals surface area contributed by atoms with Gasteiger partial charge < -0.3 is 34.6 Å². The highest BCUT2D eigenvalue weighted by Gasteiger charge is 2.32. The molecule has 19 heteroatoms. The topological polar surface area (TPSA) is 181 Å². The Kier molecular flexibility index (Phi) is 15.1. The van der Waals surface area contributed by atoms with E-state index in [-0.39, 0.29) is 41.7 Å². The lowest BCUT2D eigenvalue weighted by Crippen LogP contribution is -2.47. The first-order valence-electron chi connectivity index (χ1n) is 21.7. The fourth-order valence-electron chi connectivity index (χ4n) is 8.77. The van der Waals surface area contributed by atoms with Crippen LogP contribution in [0, 0.1) is 15.5 Å². The number of nitro benzene ring substituents is 1. The Balaban J connectivity index is 0.00000630. The second-order valence-corrected chi connectivity index (χ2v) is 19.5. The van der Waals surface area contributed by atoms with Crippen molar-refractivity contribution in [2.24, 2.45) is 5.41 Å². The summed E-state index contributed by atoms with van der Waals surface area (Å²) in [7, 11) is -2.82. The van der Waals surface area contributed by atoms with Gasteiger partial charge in [-0.15, -0.1) is 12.4 Å². The third-order valence-electron chi connectivity index (χ3n) is 12.3. The Morgan fingerprint density at radius 2 is 1.75 bits per heavy atom. The normalized spacial score (nSPS) is 19.0. The Bertz CT molecular complexity index is 2510. The number of piperazine rings is 1. The van der Waals surface area contributed by atoms with Gasteiger partial charge in [-0.1, -0.05) is 43.2 Å². The van der Waals surface area contributed by atoms with Crippen molar-refractivity contribution >= 4 is 79.8 Å². The number of rotatable bonds is 13. The predicted octanol–water partition coefficient (Wildman–Crippen LogP) is 7.76. The van der Waals surface area contributed by atoms with E-state index in [4.69, 9.17) is 25.8 Å². The first-order valence-corrected chi connectivity index (χ1v) is 23.6. The van der Waals surface area contributed by atoms with Gasteiger partial charge in [0.05, 0.1) is 53.6 Å². The van der Waals surface area contributed by atoms with Crippen molar-refractivity contribution in [3.63, 3.8) is 0 Å². The number of hydrogen-bond acceptors (Lipinski definition) is 14. The van der Waals surface area contributed by atoms with Crippen LogP contribution in [0.5, 0.6) is 5.88 Å². The van der Waals surface area contributed by atoms with Crippen LogP contribution in [0.2, 0.25) is 5.02 Å². The number of fused-ring (bicyclic) bond motifs is 1. The maximum Gasteiger partial charge on any atom is 0.293 e. The van der Waals surface area contributed by atoms with Crippen LogP contribution in [0.25, 0.3) is 5.57 Å². The average Bonchev–Trinajstić information content (AvgIpc) is 3.51. The van der Waals surface area contributed by atoms with Gasteiger partial charge in [0.2, 0.25) is 5.88 Å². The molecule has 1 aliphatic carbocycles. The largest absolute Gasteiger partial charge is 0.476 e. The molecule has 4 aliphatic rings. The quantitative estimate of drug-likeness (QED) is 0.0874. The van der Waals surface area contributed by atoms with Crippen LogP contribution >= 0.6 is 24.0 Å². The minimum Gasteiger partial charge on any atom is -0.476 e. The molecule has 16 nitrogen and oxygen atoms in total. The van der Waals surface area contributed by atoms with Crippen LogP contribution < -0.4 is 29.9 Å². The SMILES string of the molecule is CNc1ccc2c(n1)OCCCN2c1cc(N2CCN(CC3=C(c4ccc(Cl)cc4)CC(C)(C)CC3)CC2)ccc1C(=O)NS(=O)(=O)c1ccc(NC[C@H]2COCCO2)c([N+](=O)[O-])c1.Cl. The number of ether oxygens (including phenoxy) is 3. The monoisotopic (exact) mass is 950 g/mol. The van der Waals surface area contributed by atoms with E-state index in [1.807, 2.05) is 41.3 Å². The van der Waals surface area contributed by atoms with Gasteiger partial charge in [-0.05, 0) is 96.8 Å². The Morgan fingerprint density at radius 3 is 2.48 bits per heavy atom. The molecule has 0 saturated carbocycles. The summed E-state index contributed by atoms with van der Waals surface area (Å²) < 4.78 is 47.0. The first-order chi connectivity index (χ1) is 30.8. The minimum absolute atomic E-state index is 0. The maximum atomic E-state index is 14.3. The molecule has 1 atom stereocenters. The summed E-state index contributed by atoms with van der Waals surface area (Å²) in [6.07, 6.45) is 3.47. The van der Waals surface area contributed by atoms with Crippen molar-refractivity contribution in [3.05, 3.63) is 105 Å². The predicted molar refractivity (Wildman–Crippen MR) is 256 cm³/mol. The minimum atomic E-state index is -4.59. The van der Waals surface area contributed by atoms with E-state index in [1.165, 1.54) is 28.8 Å². The molecule has 0 radical (unpaired) electrons. The van der Waals surface area contributed by atoms with Crippen LogP contribution in [0.4, 0.5) is 34.3 Å². The molecular formula is C46H56Cl2N8O8S. The maximum absolute atomic E-state index is 14.3. The van der Waals surface area contributed by atoms with Crippen molar-refractivity contribution in [2.45, 2.75) is 50.5 Å². The number of aromatic nitrogens is 1. The van der Waals surface area contributed by atoms with Crippen LogP contribution in [0.1, 0.15) is 55.5 Å². The molecule has 1 aromatic heterocycles. The fraction of sp³-hybridized carbons (Fsp3) is 0.435. The average molecular weight is 952 g/mol. The zero-order valence-corrected chi connectivity index (χ0v) is 39.2. The molecule has 348 valence electrons. The molecule has 0 bridgehead atoms. The standard InChI is InChI=1S/C46H55ClN8O8S.ClH/c1-46(2)16-15-32(38(27-46)31-5-7-33(47)8-6-31)29-52-18-20-53(21-19-52)34-9-11-37(41(25-34)54-17-4-22-63-45-40(54)13-14-43(48-3)50-45)44(56)51-64(59,60)36-10-12-39(42(26-36)55(57)58)49-28-35-30-61-23-24-62-35;/h5-14,25-26,35,49H,4,15-24,27-30H2,1-3H3,(H,48,50)(H,51,56);1H/t35-;/m0./s1. The molecule has 2 saturated heterocycles. The van der Waals surface area contributed by atoms with E-state index >= 15 is 0 Å². The van der Waals surface area contributed by atoms with Gasteiger partial charge in [-0.2, -0.15) is 4.98 Å². The molecule has 3 aliphatic heterocycles. The van der Waals surface area contributed by atoms with Crippen molar-refractivity contribution in [1.29, 1.82) is 0 Å². The number of nitrogens with zero attached hydrogens (tertiary/aromatic N) is 5. The molecule has 4 aromatic rings. The van der Waals surface area contributed by atoms with Crippen molar-refractivity contribution in [3.8, 4) is 5.88 Å². The molecule has 8 rings (SSSR count). The summed E-state index contributed by atoms with van der Waals surface area (Å²) in [6, 6.07) is 20.8. The number of nitro groups is 1. The lowest BCUT2D eigenvalue weighted by atomic mass is 9.72. The highest BCUT2D eigenvalue weighted by atomic mass is 35.5. The van der Waals surface area contributed by atoms with Crippen LogP contribution in [-0.4, -0.2) is 115 Å². The summed E-state index contributed by atoms with van der Waals surface area (Å²) in [4.78, 5) is 36.7. The summed E-state index contributed by atoms with van der Waals surface area (Å²) in [5.41, 5.74) is 6.06. The number of allylic oxidation sites excluding steroid dienone is 1. The molecule has 65 heavy (non-hydrogen) atoms. The molecular weight excluding hydrogens is 896 g/mol. The van der Waals surface area contributed by atoms with Gasteiger partial charge in [0, 0.05) is 69.6 Å². The van der Waals surface area contributed by atoms with E-state index in [9.17, 15) is 23.3 Å². The zero-order chi connectivity index (χ0) is 45.0. The molecule has 4 heterocycles. The number of sulfonamides is 1. The van der Waals surface area contributed by atoms with Crippen LogP contribution in [0.15, 0.2) is 83.3 Å². The van der Waals surface area contributed by atoms with Crippen molar-refractivity contribution in [1.82, 2.24) is 14.6 Å².